The lowest BCUT2D eigenvalue weighted by molar-refractivity contribution is -0.117. The molecular weight excluding hydrogens is 533 g/mol. The van der Waals surface area contributed by atoms with Gasteiger partial charge in [-0.1, -0.05) is 19.3 Å². The fraction of sp³-hybridized carbons (Fsp3) is 0.219. The number of H-pyrrole nitrogens is 2. The van der Waals surface area contributed by atoms with Crippen molar-refractivity contribution in [1.29, 1.82) is 0 Å². The minimum atomic E-state index is -0.543. The van der Waals surface area contributed by atoms with Crippen molar-refractivity contribution in [2.75, 3.05) is 5.32 Å². The lowest BCUT2D eigenvalue weighted by Crippen LogP contribution is -2.18. The maximum Gasteiger partial charge on any atom is 0.224 e. The Morgan fingerprint density at radius 1 is 0.929 bits per heavy atom. The third-order valence-electron chi connectivity index (χ3n) is 7.93. The summed E-state index contributed by atoms with van der Waals surface area (Å²) < 4.78 is 14.0. The molecular formula is C32H28FN7O2. The number of hydrogen-bond acceptors (Lipinski definition) is 6. The van der Waals surface area contributed by atoms with Crippen molar-refractivity contribution < 1.29 is 14.3 Å². The average molecular weight is 562 g/mol. The van der Waals surface area contributed by atoms with Crippen molar-refractivity contribution in [3.05, 3.63) is 73.1 Å². The number of phenols is 1. The van der Waals surface area contributed by atoms with E-state index in [-0.39, 0.29) is 11.7 Å². The molecule has 0 saturated heterocycles. The van der Waals surface area contributed by atoms with Crippen LogP contribution in [0.25, 0.3) is 55.7 Å². The number of fused-ring (bicyclic) bond motifs is 2. The molecule has 1 aromatic carbocycles. The Labute approximate surface area is 240 Å². The van der Waals surface area contributed by atoms with Gasteiger partial charge in [0.1, 0.15) is 17.3 Å². The van der Waals surface area contributed by atoms with E-state index in [1.807, 2.05) is 24.3 Å². The summed E-state index contributed by atoms with van der Waals surface area (Å²) in [6.45, 7) is 0. The van der Waals surface area contributed by atoms with Crippen LogP contribution in [-0.2, 0) is 4.79 Å². The van der Waals surface area contributed by atoms with Gasteiger partial charge in [-0.15, -0.1) is 0 Å². The molecule has 10 heteroatoms. The summed E-state index contributed by atoms with van der Waals surface area (Å²) in [5.74, 6) is -0.233. The summed E-state index contributed by atoms with van der Waals surface area (Å²) in [5, 5.41) is 22.0. The van der Waals surface area contributed by atoms with Crippen molar-refractivity contribution in [2.24, 2.45) is 5.92 Å². The highest BCUT2D eigenvalue weighted by atomic mass is 19.1. The van der Waals surface area contributed by atoms with Crippen molar-refractivity contribution in [1.82, 2.24) is 30.1 Å². The number of nitrogens with one attached hydrogen (secondary N) is 3. The molecule has 5 heterocycles. The zero-order chi connectivity index (χ0) is 28.6. The summed E-state index contributed by atoms with van der Waals surface area (Å²) in [6, 6.07) is 11.5. The first-order chi connectivity index (χ1) is 20.5. The molecule has 0 spiro atoms. The number of nitrogens with zero attached hydrogens (tertiary/aromatic N) is 4. The molecule has 1 amide bonds. The van der Waals surface area contributed by atoms with Crippen LogP contribution < -0.4 is 5.32 Å². The molecule has 42 heavy (non-hydrogen) atoms. The number of aromatic nitrogens is 6. The first-order valence-corrected chi connectivity index (χ1v) is 14.1. The second-order valence-corrected chi connectivity index (χ2v) is 10.9. The van der Waals surface area contributed by atoms with Crippen molar-refractivity contribution in [2.45, 2.75) is 38.5 Å². The minimum absolute atomic E-state index is 0.0210. The second-order valence-electron chi connectivity index (χ2n) is 10.9. The maximum atomic E-state index is 14.0. The highest BCUT2D eigenvalue weighted by Crippen LogP contribution is 2.35. The molecule has 1 fully saturated rings. The Balaban J connectivity index is 1.20. The fourth-order valence-electron chi connectivity index (χ4n) is 5.92. The van der Waals surface area contributed by atoms with Gasteiger partial charge in [-0.05, 0) is 55.2 Å². The molecule has 1 aliphatic carbocycles. The number of carbonyl (C=O) groups is 1. The Bertz CT molecular complexity index is 1920. The van der Waals surface area contributed by atoms with E-state index in [0.29, 0.717) is 40.6 Å². The van der Waals surface area contributed by atoms with Crippen LogP contribution in [0.5, 0.6) is 5.75 Å². The molecule has 4 N–H and O–H groups in total. The highest BCUT2D eigenvalue weighted by molar-refractivity contribution is 6.00. The largest absolute Gasteiger partial charge is 0.508 e. The minimum Gasteiger partial charge on any atom is -0.508 e. The van der Waals surface area contributed by atoms with Crippen molar-refractivity contribution in [3.63, 3.8) is 0 Å². The van der Waals surface area contributed by atoms with Crippen LogP contribution >= 0.6 is 0 Å². The molecule has 7 rings (SSSR count). The van der Waals surface area contributed by atoms with Gasteiger partial charge in [0.2, 0.25) is 5.91 Å². The summed E-state index contributed by atoms with van der Waals surface area (Å²) in [4.78, 5) is 29.5. The van der Waals surface area contributed by atoms with Crippen LogP contribution in [0.3, 0.4) is 0 Å². The number of anilines is 1. The van der Waals surface area contributed by atoms with Gasteiger partial charge >= 0.3 is 0 Å². The van der Waals surface area contributed by atoms with Gasteiger partial charge in [-0.2, -0.15) is 5.10 Å². The van der Waals surface area contributed by atoms with Crippen LogP contribution in [0.15, 0.2) is 67.3 Å². The van der Waals surface area contributed by atoms with Gasteiger partial charge in [-0.3, -0.25) is 19.9 Å². The Morgan fingerprint density at radius 3 is 2.64 bits per heavy atom. The molecule has 1 saturated carbocycles. The summed E-state index contributed by atoms with van der Waals surface area (Å²) in [6.07, 6.45) is 13.2. The monoisotopic (exact) mass is 561 g/mol. The molecule has 6 aromatic rings. The molecule has 0 unspecified atom stereocenters. The lowest BCUT2D eigenvalue weighted by atomic mass is 9.87. The van der Waals surface area contributed by atoms with Crippen LogP contribution in [-0.4, -0.2) is 41.1 Å². The van der Waals surface area contributed by atoms with Gasteiger partial charge in [0.15, 0.2) is 5.65 Å². The normalized spacial score (nSPS) is 14.0. The number of aromatic hydroxyl groups is 1. The summed E-state index contributed by atoms with van der Waals surface area (Å²) in [5.41, 5.74) is 6.11. The Hall–Kier alpha value is -5.12. The molecule has 0 radical (unpaired) electrons. The number of phenolic OH excluding ortho intramolecular Hbond substituents is 1. The predicted molar refractivity (Wildman–Crippen MR) is 159 cm³/mol. The van der Waals surface area contributed by atoms with Crippen LogP contribution in [0.2, 0.25) is 0 Å². The van der Waals surface area contributed by atoms with E-state index in [0.717, 1.165) is 52.0 Å². The lowest BCUT2D eigenvalue weighted by Gasteiger charge is -2.20. The van der Waals surface area contributed by atoms with Crippen LogP contribution in [0, 0.1) is 11.7 Å². The fourth-order valence-corrected chi connectivity index (χ4v) is 5.92. The number of amides is 1. The van der Waals surface area contributed by atoms with Gasteiger partial charge in [0, 0.05) is 64.1 Å². The van der Waals surface area contributed by atoms with E-state index in [1.165, 1.54) is 31.4 Å². The summed E-state index contributed by atoms with van der Waals surface area (Å²) in [7, 11) is 0. The van der Waals surface area contributed by atoms with Gasteiger partial charge in [0.25, 0.3) is 0 Å². The van der Waals surface area contributed by atoms with E-state index in [9.17, 15) is 14.3 Å². The van der Waals surface area contributed by atoms with Gasteiger partial charge in [0.05, 0.1) is 23.3 Å². The Morgan fingerprint density at radius 2 is 1.79 bits per heavy atom. The number of pyridine rings is 3. The first-order valence-electron chi connectivity index (χ1n) is 14.1. The zero-order valence-electron chi connectivity index (χ0n) is 22.7. The number of benzene rings is 1. The van der Waals surface area contributed by atoms with E-state index in [1.54, 1.807) is 24.8 Å². The molecule has 0 bridgehead atoms. The van der Waals surface area contributed by atoms with E-state index >= 15 is 0 Å². The van der Waals surface area contributed by atoms with Crippen LogP contribution in [0.1, 0.15) is 38.5 Å². The number of aromatic amines is 2. The number of rotatable bonds is 6. The van der Waals surface area contributed by atoms with E-state index < -0.39 is 5.82 Å². The topological polar surface area (TPSA) is 132 Å². The van der Waals surface area contributed by atoms with Gasteiger partial charge < -0.3 is 15.4 Å². The second kappa shape index (κ2) is 10.7. The van der Waals surface area contributed by atoms with E-state index in [2.05, 4.69) is 35.5 Å². The third-order valence-corrected chi connectivity index (χ3v) is 7.93. The van der Waals surface area contributed by atoms with Crippen molar-refractivity contribution >= 4 is 33.5 Å². The molecule has 210 valence electrons. The highest BCUT2D eigenvalue weighted by Gasteiger charge is 2.19. The predicted octanol–water partition coefficient (Wildman–Crippen LogP) is 6.98. The molecule has 9 nitrogen and oxygen atoms in total. The zero-order valence-corrected chi connectivity index (χ0v) is 22.7. The molecule has 0 atom stereocenters. The Kier molecular flexibility index (Phi) is 6.58. The standard InChI is InChI=1S/C32H28FN7O2/c33-22-9-19(11-24(41)13-22)30-25-14-28(38-27(25)6-7-35-30)31-26-12-21(16-36-32(26)40-39-31)20-10-23(17-34-15-20)37-29(42)8-18-4-2-1-3-5-18/h6-7,9-18,38,41H,1-5,8H2,(H,37,42)(H,36,39,40). The summed E-state index contributed by atoms with van der Waals surface area (Å²) >= 11 is 0. The molecule has 5 aromatic heterocycles. The maximum absolute atomic E-state index is 14.0. The number of hydrogen-bond donors (Lipinski definition) is 4. The smallest absolute Gasteiger partial charge is 0.224 e. The average Bonchev–Trinajstić information content (AvgIpc) is 3.61. The third kappa shape index (κ3) is 5.07. The quantitative estimate of drug-likeness (QED) is 0.173. The van der Waals surface area contributed by atoms with Crippen LogP contribution in [0.4, 0.5) is 10.1 Å². The number of halogens is 1. The number of carbonyl (C=O) groups excluding carboxylic acids is 1. The molecule has 1 aliphatic rings. The van der Waals surface area contributed by atoms with E-state index in [4.69, 9.17) is 0 Å². The SMILES string of the molecule is O=C(CC1CCCCC1)Nc1cncc(-c2cnc3[nH]nc(-c4cc5c(-c6cc(O)cc(F)c6)nccc5[nH]4)c3c2)c1. The first kappa shape index (κ1) is 25.8. The van der Waals surface area contributed by atoms with Gasteiger partial charge in [-0.25, -0.2) is 9.37 Å². The van der Waals surface area contributed by atoms with Crippen molar-refractivity contribution in [3.8, 4) is 39.5 Å². The molecule has 0 aliphatic heterocycles.